The standard InChI is InChI=1S/C15H19FN2O/c16-12-5-3-4-11(8-12)9-13-10-18-15(19-13)14-6-1-2-7-17-14/h3-5,8,13-14,17H,1-2,6-7,9-10H2. The van der Waals surface area contributed by atoms with Gasteiger partial charge in [0.2, 0.25) is 5.90 Å². The first-order valence-electron chi connectivity index (χ1n) is 7.00. The minimum Gasteiger partial charge on any atom is -0.474 e. The van der Waals surface area contributed by atoms with Crippen LogP contribution in [0.5, 0.6) is 0 Å². The number of halogens is 1. The summed E-state index contributed by atoms with van der Waals surface area (Å²) < 4.78 is 19.0. The summed E-state index contributed by atoms with van der Waals surface area (Å²) in [4.78, 5) is 4.50. The molecule has 3 nitrogen and oxygen atoms in total. The number of rotatable bonds is 3. The van der Waals surface area contributed by atoms with Crippen molar-refractivity contribution in [1.29, 1.82) is 0 Å². The van der Waals surface area contributed by atoms with Crippen LogP contribution in [0.25, 0.3) is 0 Å². The number of nitrogens with one attached hydrogen (secondary N) is 1. The number of hydrogen-bond acceptors (Lipinski definition) is 3. The number of benzene rings is 1. The Kier molecular flexibility index (Phi) is 3.78. The molecule has 0 amide bonds. The van der Waals surface area contributed by atoms with Gasteiger partial charge in [-0.2, -0.15) is 0 Å². The van der Waals surface area contributed by atoms with Crippen molar-refractivity contribution in [3.63, 3.8) is 0 Å². The van der Waals surface area contributed by atoms with Crippen LogP contribution in [0.1, 0.15) is 24.8 Å². The van der Waals surface area contributed by atoms with Gasteiger partial charge >= 0.3 is 0 Å². The number of ether oxygens (including phenoxy) is 1. The highest BCUT2D eigenvalue weighted by molar-refractivity contribution is 5.83. The molecule has 2 aliphatic rings. The summed E-state index contributed by atoms with van der Waals surface area (Å²) in [6.07, 6.45) is 4.34. The summed E-state index contributed by atoms with van der Waals surface area (Å²) in [5, 5.41) is 3.44. The van der Waals surface area contributed by atoms with E-state index in [4.69, 9.17) is 4.74 Å². The summed E-state index contributed by atoms with van der Waals surface area (Å²) in [6.45, 7) is 1.73. The molecule has 2 heterocycles. The lowest BCUT2D eigenvalue weighted by molar-refractivity contribution is 0.209. The summed E-state index contributed by atoms with van der Waals surface area (Å²) in [5.41, 5.74) is 0.970. The maximum atomic E-state index is 13.1. The Labute approximate surface area is 112 Å². The topological polar surface area (TPSA) is 33.6 Å². The Hall–Kier alpha value is -1.42. The lowest BCUT2D eigenvalue weighted by Gasteiger charge is -2.23. The van der Waals surface area contributed by atoms with Crippen molar-refractivity contribution in [3.05, 3.63) is 35.6 Å². The molecule has 0 aromatic heterocycles. The average molecular weight is 262 g/mol. The van der Waals surface area contributed by atoms with E-state index in [9.17, 15) is 4.39 Å². The van der Waals surface area contributed by atoms with Crippen LogP contribution in [-0.4, -0.2) is 31.1 Å². The van der Waals surface area contributed by atoms with Crippen LogP contribution in [0, 0.1) is 5.82 Å². The highest BCUT2D eigenvalue weighted by atomic mass is 19.1. The third-order valence-electron chi connectivity index (χ3n) is 3.70. The highest BCUT2D eigenvalue weighted by Gasteiger charge is 2.27. The van der Waals surface area contributed by atoms with Gasteiger partial charge in [0.05, 0.1) is 12.6 Å². The van der Waals surface area contributed by atoms with Crippen LogP contribution in [0.15, 0.2) is 29.3 Å². The van der Waals surface area contributed by atoms with E-state index in [1.807, 2.05) is 6.07 Å². The summed E-state index contributed by atoms with van der Waals surface area (Å²) in [5.74, 6) is 0.659. The Morgan fingerprint density at radius 2 is 2.32 bits per heavy atom. The van der Waals surface area contributed by atoms with Crippen molar-refractivity contribution in [3.8, 4) is 0 Å². The van der Waals surface area contributed by atoms with Crippen LogP contribution in [0.4, 0.5) is 4.39 Å². The Bertz CT molecular complexity index is 469. The van der Waals surface area contributed by atoms with E-state index >= 15 is 0 Å². The molecule has 102 valence electrons. The third kappa shape index (κ3) is 3.13. The Morgan fingerprint density at radius 1 is 1.37 bits per heavy atom. The van der Waals surface area contributed by atoms with Gasteiger partial charge in [0, 0.05) is 6.42 Å². The molecular weight excluding hydrogens is 243 g/mol. The smallest absolute Gasteiger partial charge is 0.201 e. The van der Waals surface area contributed by atoms with Crippen molar-refractivity contribution in [2.24, 2.45) is 4.99 Å². The molecule has 1 aromatic carbocycles. The predicted molar refractivity (Wildman–Crippen MR) is 72.9 cm³/mol. The first-order chi connectivity index (χ1) is 9.31. The fraction of sp³-hybridized carbons (Fsp3) is 0.533. The van der Waals surface area contributed by atoms with Crippen LogP contribution < -0.4 is 5.32 Å². The second kappa shape index (κ2) is 5.70. The Balaban J connectivity index is 1.55. The van der Waals surface area contributed by atoms with Gasteiger partial charge in [-0.15, -0.1) is 0 Å². The minimum atomic E-state index is -0.189. The molecule has 2 aliphatic heterocycles. The normalized spacial score (nSPS) is 26.9. The summed E-state index contributed by atoms with van der Waals surface area (Å²) in [6, 6.07) is 6.99. The van der Waals surface area contributed by atoms with E-state index in [0.29, 0.717) is 6.54 Å². The fourth-order valence-electron chi connectivity index (χ4n) is 2.73. The van der Waals surface area contributed by atoms with E-state index in [0.717, 1.165) is 30.8 Å². The molecule has 3 rings (SSSR count). The monoisotopic (exact) mass is 262 g/mol. The van der Waals surface area contributed by atoms with Gasteiger partial charge in [-0.25, -0.2) is 4.39 Å². The predicted octanol–water partition coefficient (Wildman–Crippen LogP) is 2.31. The zero-order valence-electron chi connectivity index (χ0n) is 10.9. The number of hydrogen-bond donors (Lipinski definition) is 1. The third-order valence-corrected chi connectivity index (χ3v) is 3.70. The molecule has 0 aliphatic carbocycles. The number of piperidine rings is 1. The molecule has 1 saturated heterocycles. The first kappa shape index (κ1) is 12.6. The van der Waals surface area contributed by atoms with E-state index in [1.54, 1.807) is 12.1 Å². The van der Waals surface area contributed by atoms with Gasteiger partial charge in [-0.05, 0) is 37.1 Å². The highest BCUT2D eigenvalue weighted by Crippen LogP contribution is 2.17. The second-order valence-corrected chi connectivity index (χ2v) is 5.26. The molecule has 1 aromatic rings. The molecular formula is C15H19FN2O. The van der Waals surface area contributed by atoms with Gasteiger partial charge in [-0.1, -0.05) is 18.6 Å². The molecule has 1 N–H and O–H groups in total. The van der Waals surface area contributed by atoms with E-state index in [-0.39, 0.29) is 18.0 Å². The lowest BCUT2D eigenvalue weighted by atomic mass is 10.1. The summed E-state index contributed by atoms with van der Waals surface area (Å²) >= 11 is 0. The number of aliphatic imine (C=N–C) groups is 1. The van der Waals surface area contributed by atoms with Gasteiger partial charge in [0.25, 0.3) is 0 Å². The van der Waals surface area contributed by atoms with Crippen LogP contribution in [0.2, 0.25) is 0 Å². The van der Waals surface area contributed by atoms with Crippen molar-refractivity contribution in [2.75, 3.05) is 13.1 Å². The maximum absolute atomic E-state index is 13.1. The maximum Gasteiger partial charge on any atom is 0.201 e. The molecule has 2 atom stereocenters. The number of nitrogens with zero attached hydrogens (tertiary/aromatic N) is 1. The molecule has 4 heteroatoms. The molecule has 0 radical (unpaired) electrons. The molecule has 0 spiro atoms. The quantitative estimate of drug-likeness (QED) is 0.907. The van der Waals surface area contributed by atoms with Crippen LogP contribution in [-0.2, 0) is 11.2 Å². The van der Waals surface area contributed by atoms with Crippen molar-refractivity contribution in [1.82, 2.24) is 5.32 Å². The van der Waals surface area contributed by atoms with Gasteiger partial charge < -0.3 is 10.1 Å². The molecule has 1 fully saturated rings. The summed E-state index contributed by atoms with van der Waals surface area (Å²) in [7, 11) is 0. The lowest BCUT2D eigenvalue weighted by Crippen LogP contribution is -2.41. The second-order valence-electron chi connectivity index (χ2n) is 5.26. The van der Waals surface area contributed by atoms with Crippen molar-refractivity contribution >= 4 is 5.90 Å². The van der Waals surface area contributed by atoms with Gasteiger partial charge in [-0.3, -0.25) is 4.99 Å². The van der Waals surface area contributed by atoms with Crippen LogP contribution >= 0.6 is 0 Å². The minimum absolute atomic E-state index is 0.0560. The Morgan fingerprint density at radius 3 is 3.11 bits per heavy atom. The van der Waals surface area contributed by atoms with Gasteiger partial charge in [0.15, 0.2) is 0 Å². The van der Waals surface area contributed by atoms with Crippen LogP contribution in [0.3, 0.4) is 0 Å². The zero-order valence-corrected chi connectivity index (χ0v) is 10.9. The molecule has 0 saturated carbocycles. The molecule has 0 bridgehead atoms. The first-order valence-corrected chi connectivity index (χ1v) is 7.00. The van der Waals surface area contributed by atoms with E-state index in [1.165, 1.54) is 18.9 Å². The van der Waals surface area contributed by atoms with Gasteiger partial charge in [0.1, 0.15) is 11.9 Å². The zero-order chi connectivity index (χ0) is 13.1. The van der Waals surface area contributed by atoms with E-state index < -0.39 is 0 Å². The molecule has 2 unspecified atom stereocenters. The van der Waals surface area contributed by atoms with Crippen molar-refractivity contribution < 1.29 is 9.13 Å². The fourth-order valence-corrected chi connectivity index (χ4v) is 2.73. The molecule has 19 heavy (non-hydrogen) atoms. The average Bonchev–Trinajstić information content (AvgIpc) is 2.88. The largest absolute Gasteiger partial charge is 0.474 e. The van der Waals surface area contributed by atoms with E-state index in [2.05, 4.69) is 10.3 Å². The van der Waals surface area contributed by atoms with Crippen molar-refractivity contribution in [2.45, 2.75) is 37.8 Å². The SMILES string of the molecule is Fc1cccc(CC2CN=C(C3CCCCN3)O2)c1.